The number of halogens is 2. The fourth-order valence-corrected chi connectivity index (χ4v) is 4.38. The van der Waals surface area contributed by atoms with Gasteiger partial charge in [-0.25, -0.2) is 13.8 Å². The minimum absolute atomic E-state index is 0.101. The zero-order chi connectivity index (χ0) is 24.2. The number of nitrogens with one attached hydrogen (secondary N) is 2. The van der Waals surface area contributed by atoms with Crippen molar-refractivity contribution in [3.05, 3.63) is 59.7 Å². The summed E-state index contributed by atoms with van der Waals surface area (Å²) in [6.07, 6.45) is 1.95. The highest BCUT2D eigenvalue weighted by atomic mass is 19.1. The molecule has 1 unspecified atom stereocenters. The molecule has 0 spiro atoms. The quantitative estimate of drug-likeness (QED) is 0.488. The molecule has 0 radical (unpaired) electrons. The summed E-state index contributed by atoms with van der Waals surface area (Å²) in [5.41, 5.74) is 0.784. The molecule has 3 N–H and O–H groups in total. The first kappa shape index (κ1) is 23.8. The molecule has 7 nitrogen and oxygen atoms in total. The van der Waals surface area contributed by atoms with Crippen LogP contribution in [0.4, 0.5) is 20.5 Å². The number of rotatable bonds is 7. The normalized spacial score (nSPS) is 19.0. The van der Waals surface area contributed by atoms with E-state index in [2.05, 4.69) is 15.6 Å². The van der Waals surface area contributed by atoms with Crippen molar-refractivity contribution in [2.75, 3.05) is 30.9 Å². The van der Waals surface area contributed by atoms with Crippen molar-refractivity contribution in [3.8, 4) is 0 Å². The highest BCUT2D eigenvalue weighted by Crippen LogP contribution is 2.28. The molecule has 1 atom stereocenters. The van der Waals surface area contributed by atoms with Gasteiger partial charge in [-0.3, -0.25) is 4.79 Å². The number of hydrogen-bond acceptors (Lipinski definition) is 6. The Morgan fingerprint density at radius 2 is 1.76 bits per heavy atom. The Labute approximate surface area is 197 Å². The molecule has 2 aromatic carbocycles. The number of anilines is 2. The highest BCUT2D eigenvalue weighted by molar-refractivity contribution is 5.90. The molecule has 9 heteroatoms. The maximum atomic E-state index is 13.4. The van der Waals surface area contributed by atoms with Crippen molar-refractivity contribution < 1.29 is 18.7 Å². The molecule has 180 valence electrons. The maximum Gasteiger partial charge on any atom is 0.253 e. The lowest BCUT2D eigenvalue weighted by atomic mass is 9.86. The second kappa shape index (κ2) is 10.3. The summed E-state index contributed by atoms with van der Waals surface area (Å²) in [6.45, 7) is 0.400. The predicted molar refractivity (Wildman–Crippen MR) is 128 cm³/mol. The van der Waals surface area contributed by atoms with E-state index in [0.717, 1.165) is 54.5 Å². The minimum Gasteiger partial charge on any atom is -0.378 e. The number of aromatic nitrogens is 2. The van der Waals surface area contributed by atoms with Crippen LogP contribution in [0.1, 0.15) is 37.4 Å². The number of hydrogen-bond donors (Lipinski definition) is 3. The number of fused-ring (bicyclic) bond motifs is 1. The number of para-hydroxylation sites is 1. The Morgan fingerprint density at radius 1 is 1.09 bits per heavy atom. The van der Waals surface area contributed by atoms with Crippen LogP contribution in [0.25, 0.3) is 10.9 Å². The third-order valence-corrected chi connectivity index (χ3v) is 6.20. The Bertz CT molecular complexity index is 1150. The highest BCUT2D eigenvalue weighted by Gasteiger charge is 2.24. The van der Waals surface area contributed by atoms with E-state index in [1.54, 1.807) is 0 Å². The maximum absolute atomic E-state index is 13.4. The van der Waals surface area contributed by atoms with Gasteiger partial charge in [0.25, 0.3) is 5.91 Å². The molecule has 0 aliphatic heterocycles. The average molecular weight is 470 g/mol. The number of carbonyl (C=O) groups is 1. The number of carbonyl (C=O) groups excluding carboxylic acids is 1. The summed E-state index contributed by atoms with van der Waals surface area (Å²) in [5, 5.41) is 17.3. The SMILES string of the molecule is CN(C)c1nc(NC2CCC(CNC(=O)C(O)c3cc(F)cc(F)c3)CC2)nc2ccccc12. The molecule has 4 rings (SSSR count). The van der Waals surface area contributed by atoms with Gasteiger partial charge in [-0.2, -0.15) is 4.98 Å². The van der Waals surface area contributed by atoms with Gasteiger partial charge in [0, 0.05) is 38.1 Å². The van der Waals surface area contributed by atoms with Crippen LogP contribution in [0.15, 0.2) is 42.5 Å². The summed E-state index contributed by atoms with van der Waals surface area (Å²) in [6, 6.07) is 10.8. The van der Waals surface area contributed by atoms with Crippen LogP contribution < -0.4 is 15.5 Å². The number of amides is 1. The Morgan fingerprint density at radius 3 is 2.44 bits per heavy atom. The number of nitrogens with zero attached hydrogens (tertiary/aromatic N) is 3. The monoisotopic (exact) mass is 469 g/mol. The fraction of sp³-hybridized carbons (Fsp3) is 0.400. The van der Waals surface area contributed by atoms with Gasteiger partial charge >= 0.3 is 0 Å². The Hall–Kier alpha value is -3.33. The van der Waals surface area contributed by atoms with E-state index in [1.165, 1.54) is 0 Å². The molecule has 0 saturated heterocycles. The van der Waals surface area contributed by atoms with Gasteiger partial charge in [-0.05, 0) is 61.4 Å². The summed E-state index contributed by atoms with van der Waals surface area (Å²) >= 11 is 0. The summed E-state index contributed by atoms with van der Waals surface area (Å²) in [7, 11) is 3.92. The molecule has 1 aliphatic rings. The number of aliphatic hydroxyl groups is 1. The minimum atomic E-state index is -1.61. The van der Waals surface area contributed by atoms with Crippen LogP contribution in [-0.2, 0) is 4.79 Å². The van der Waals surface area contributed by atoms with E-state index in [1.807, 2.05) is 43.3 Å². The molecule has 1 amide bonds. The van der Waals surface area contributed by atoms with Crippen molar-refractivity contribution in [3.63, 3.8) is 0 Å². The topological polar surface area (TPSA) is 90.4 Å². The van der Waals surface area contributed by atoms with E-state index in [0.29, 0.717) is 18.6 Å². The standard InChI is InChI=1S/C25H29F2N5O2/c1-32(2)23-20-5-3-4-6-21(20)30-25(31-23)29-19-9-7-15(8-10-19)14-28-24(34)22(33)16-11-17(26)13-18(27)12-16/h3-6,11-13,15,19,22,33H,7-10,14H2,1-2H3,(H,28,34)(H,29,30,31). The van der Waals surface area contributed by atoms with Crippen molar-refractivity contribution in [2.24, 2.45) is 5.92 Å². The molecule has 1 saturated carbocycles. The van der Waals surface area contributed by atoms with E-state index in [4.69, 9.17) is 4.98 Å². The van der Waals surface area contributed by atoms with Gasteiger partial charge in [0.05, 0.1) is 5.52 Å². The van der Waals surface area contributed by atoms with Crippen molar-refractivity contribution in [1.82, 2.24) is 15.3 Å². The average Bonchev–Trinajstić information content (AvgIpc) is 2.81. The van der Waals surface area contributed by atoms with Crippen molar-refractivity contribution in [1.29, 1.82) is 0 Å². The molecular weight excluding hydrogens is 440 g/mol. The van der Waals surface area contributed by atoms with E-state index >= 15 is 0 Å². The van der Waals surface area contributed by atoms with Crippen molar-refractivity contribution in [2.45, 2.75) is 37.8 Å². The Kier molecular flexibility index (Phi) is 7.21. The van der Waals surface area contributed by atoms with E-state index in [-0.39, 0.29) is 17.5 Å². The molecule has 1 heterocycles. The zero-order valence-electron chi connectivity index (χ0n) is 19.3. The van der Waals surface area contributed by atoms with Crippen LogP contribution in [0.3, 0.4) is 0 Å². The third-order valence-electron chi connectivity index (χ3n) is 6.20. The smallest absolute Gasteiger partial charge is 0.253 e. The molecule has 34 heavy (non-hydrogen) atoms. The van der Waals surface area contributed by atoms with Crippen molar-refractivity contribution >= 4 is 28.6 Å². The van der Waals surface area contributed by atoms with Gasteiger partial charge < -0.3 is 20.6 Å². The second-order valence-electron chi connectivity index (χ2n) is 8.99. The van der Waals surface area contributed by atoms with E-state index < -0.39 is 23.6 Å². The first-order valence-corrected chi connectivity index (χ1v) is 11.4. The van der Waals surface area contributed by atoms with Crippen LogP contribution in [-0.4, -0.2) is 47.7 Å². The van der Waals surface area contributed by atoms with E-state index in [9.17, 15) is 18.7 Å². The van der Waals surface area contributed by atoms with Gasteiger partial charge in [0.1, 0.15) is 17.5 Å². The lowest BCUT2D eigenvalue weighted by Crippen LogP contribution is -2.36. The second-order valence-corrected chi connectivity index (χ2v) is 8.99. The molecular formula is C25H29F2N5O2. The molecule has 0 bridgehead atoms. The van der Waals surface area contributed by atoms with Gasteiger partial charge in [0.2, 0.25) is 5.95 Å². The first-order valence-electron chi connectivity index (χ1n) is 11.4. The molecule has 3 aromatic rings. The zero-order valence-corrected chi connectivity index (χ0v) is 19.3. The summed E-state index contributed by atoms with van der Waals surface area (Å²) < 4.78 is 26.7. The van der Waals surface area contributed by atoms with Crippen LogP contribution >= 0.6 is 0 Å². The summed E-state index contributed by atoms with van der Waals surface area (Å²) in [4.78, 5) is 23.6. The first-order chi connectivity index (χ1) is 16.3. The fourth-order valence-electron chi connectivity index (χ4n) is 4.38. The Balaban J connectivity index is 1.29. The molecule has 1 fully saturated rings. The third kappa shape index (κ3) is 5.59. The molecule has 1 aliphatic carbocycles. The lowest BCUT2D eigenvalue weighted by Gasteiger charge is -2.29. The molecule has 1 aromatic heterocycles. The summed E-state index contributed by atoms with van der Waals surface area (Å²) in [5.74, 6) is -0.605. The predicted octanol–water partition coefficient (Wildman–Crippen LogP) is 3.79. The van der Waals surface area contributed by atoms with Crippen LogP contribution in [0.2, 0.25) is 0 Å². The van der Waals surface area contributed by atoms with Gasteiger partial charge in [-0.15, -0.1) is 0 Å². The van der Waals surface area contributed by atoms with Crippen LogP contribution in [0.5, 0.6) is 0 Å². The van der Waals surface area contributed by atoms with Gasteiger partial charge in [0.15, 0.2) is 6.10 Å². The van der Waals surface area contributed by atoms with Crippen LogP contribution in [0, 0.1) is 17.6 Å². The number of benzene rings is 2. The lowest BCUT2D eigenvalue weighted by molar-refractivity contribution is -0.129. The van der Waals surface area contributed by atoms with Gasteiger partial charge in [-0.1, -0.05) is 12.1 Å². The largest absolute Gasteiger partial charge is 0.378 e. The number of aliphatic hydroxyl groups excluding tert-OH is 1.